The molecule has 3 amide bonds. The maximum atomic E-state index is 13.4. The van der Waals surface area contributed by atoms with Crippen LogP contribution in [0.15, 0.2) is 54.6 Å². The van der Waals surface area contributed by atoms with E-state index in [1.54, 1.807) is 12.1 Å². The van der Waals surface area contributed by atoms with Crippen LogP contribution in [0.5, 0.6) is 5.75 Å². The van der Waals surface area contributed by atoms with Crippen LogP contribution in [0.2, 0.25) is 0 Å². The van der Waals surface area contributed by atoms with E-state index in [0.717, 1.165) is 24.0 Å². The number of benzene rings is 2. The Hall–Kier alpha value is -3.39. The fraction of sp³-hybridized carbons (Fsp3) is 0.464. The van der Waals surface area contributed by atoms with Gasteiger partial charge in [0.25, 0.3) is 0 Å². The molecule has 0 aliphatic rings. The summed E-state index contributed by atoms with van der Waals surface area (Å²) in [6, 6.07) is 13.6. The Morgan fingerprint density at radius 1 is 0.889 bits per heavy atom. The highest BCUT2D eigenvalue weighted by molar-refractivity contribution is 5.93. The van der Waals surface area contributed by atoms with E-state index < -0.39 is 29.9 Å². The Balaban J connectivity index is 2.16. The van der Waals surface area contributed by atoms with Crippen LogP contribution in [-0.4, -0.2) is 41.0 Å². The van der Waals surface area contributed by atoms with Gasteiger partial charge in [-0.25, -0.2) is 0 Å². The van der Waals surface area contributed by atoms with Gasteiger partial charge in [0.05, 0.1) is 6.04 Å². The van der Waals surface area contributed by atoms with Crippen LogP contribution in [0.3, 0.4) is 0 Å². The highest BCUT2D eigenvalue weighted by Crippen LogP contribution is 2.13. The second-order valence-electron chi connectivity index (χ2n) is 9.26. The molecule has 0 aliphatic carbocycles. The van der Waals surface area contributed by atoms with Crippen LogP contribution in [0.25, 0.3) is 0 Å². The number of hydrogen-bond donors (Lipinski definition) is 5. The van der Waals surface area contributed by atoms with Gasteiger partial charge in [-0.15, -0.1) is 0 Å². The third-order valence-corrected chi connectivity index (χ3v) is 6.32. The minimum Gasteiger partial charge on any atom is -0.508 e. The highest BCUT2D eigenvalue weighted by Gasteiger charge is 2.30. The van der Waals surface area contributed by atoms with Crippen molar-refractivity contribution in [2.75, 3.05) is 0 Å². The number of phenolic OH excluding ortho intramolecular Hbond substituents is 1. The van der Waals surface area contributed by atoms with Gasteiger partial charge >= 0.3 is 0 Å². The van der Waals surface area contributed by atoms with E-state index in [-0.39, 0.29) is 24.0 Å². The van der Waals surface area contributed by atoms with E-state index in [4.69, 9.17) is 5.73 Å². The van der Waals surface area contributed by atoms with Crippen molar-refractivity contribution < 1.29 is 19.5 Å². The van der Waals surface area contributed by atoms with E-state index in [0.29, 0.717) is 19.4 Å². The topological polar surface area (TPSA) is 134 Å². The van der Waals surface area contributed by atoms with Crippen LogP contribution in [-0.2, 0) is 27.3 Å². The monoisotopic (exact) mass is 496 g/mol. The molecular weight excluding hydrogens is 456 g/mol. The van der Waals surface area contributed by atoms with Gasteiger partial charge in [0.1, 0.15) is 17.8 Å². The van der Waals surface area contributed by atoms with Gasteiger partial charge in [-0.2, -0.15) is 0 Å². The first-order chi connectivity index (χ1) is 17.2. The molecule has 2 rings (SSSR count). The van der Waals surface area contributed by atoms with Crippen molar-refractivity contribution in [1.82, 2.24) is 16.0 Å². The lowest BCUT2D eigenvalue weighted by atomic mass is 9.97. The summed E-state index contributed by atoms with van der Waals surface area (Å²) in [7, 11) is 0. The van der Waals surface area contributed by atoms with Crippen molar-refractivity contribution in [3.05, 3.63) is 65.7 Å². The zero-order valence-electron chi connectivity index (χ0n) is 21.5. The normalized spacial score (nSPS) is 14.2. The zero-order valence-corrected chi connectivity index (χ0v) is 21.5. The number of aromatic hydroxyl groups is 1. The summed E-state index contributed by atoms with van der Waals surface area (Å²) in [5.74, 6) is -1.16. The summed E-state index contributed by atoms with van der Waals surface area (Å²) in [6.45, 7) is 6.23. The van der Waals surface area contributed by atoms with Crippen molar-refractivity contribution in [2.45, 2.75) is 77.5 Å². The van der Waals surface area contributed by atoms with Crippen molar-refractivity contribution in [3.63, 3.8) is 0 Å². The molecule has 196 valence electrons. The molecule has 0 saturated carbocycles. The summed E-state index contributed by atoms with van der Waals surface area (Å²) < 4.78 is 0. The molecule has 6 N–H and O–H groups in total. The average molecular weight is 497 g/mol. The second kappa shape index (κ2) is 14.9. The van der Waals surface area contributed by atoms with Gasteiger partial charge in [-0.1, -0.05) is 82.5 Å². The van der Waals surface area contributed by atoms with Crippen molar-refractivity contribution >= 4 is 17.7 Å². The lowest BCUT2D eigenvalue weighted by Gasteiger charge is -2.27. The molecule has 1 unspecified atom stereocenters. The molecule has 36 heavy (non-hydrogen) atoms. The molecule has 4 atom stereocenters. The summed E-state index contributed by atoms with van der Waals surface area (Å²) in [6.07, 6.45) is 3.11. The molecule has 2 aromatic carbocycles. The maximum absolute atomic E-state index is 13.4. The number of hydrogen-bond acceptors (Lipinski definition) is 5. The third kappa shape index (κ3) is 9.34. The molecule has 0 radical (unpaired) electrons. The van der Waals surface area contributed by atoms with E-state index in [1.807, 2.05) is 51.1 Å². The summed E-state index contributed by atoms with van der Waals surface area (Å²) in [5, 5.41) is 18.1. The smallest absolute Gasteiger partial charge is 0.243 e. The fourth-order valence-electron chi connectivity index (χ4n) is 3.76. The second-order valence-corrected chi connectivity index (χ2v) is 9.26. The van der Waals surface area contributed by atoms with Gasteiger partial charge in [0.15, 0.2) is 0 Å². The molecule has 0 saturated heterocycles. The molecule has 8 nitrogen and oxygen atoms in total. The number of amides is 3. The number of rotatable bonds is 14. The number of nitrogens with two attached hydrogens (primary N) is 1. The Kier molecular flexibility index (Phi) is 11.9. The summed E-state index contributed by atoms with van der Waals surface area (Å²) >= 11 is 0. The number of unbranched alkanes of at least 4 members (excludes halogenated alkanes) is 1. The average Bonchev–Trinajstić information content (AvgIpc) is 2.89. The van der Waals surface area contributed by atoms with Crippen LogP contribution < -0.4 is 21.7 Å². The van der Waals surface area contributed by atoms with E-state index >= 15 is 0 Å². The number of carbonyl (C=O) groups excluding carboxylic acids is 3. The molecule has 8 heteroatoms. The molecule has 0 aliphatic heterocycles. The molecule has 0 bridgehead atoms. The Morgan fingerprint density at radius 2 is 1.56 bits per heavy atom. The van der Waals surface area contributed by atoms with Crippen molar-refractivity contribution in [1.29, 1.82) is 0 Å². The molecular formula is C28H40N4O4. The fourth-order valence-corrected chi connectivity index (χ4v) is 3.76. The quantitative estimate of drug-likeness (QED) is 0.274. The third-order valence-electron chi connectivity index (χ3n) is 6.32. The van der Waals surface area contributed by atoms with Gasteiger partial charge in [0, 0.05) is 13.0 Å². The summed E-state index contributed by atoms with van der Waals surface area (Å²) in [5.41, 5.74) is 7.75. The predicted octanol–water partition coefficient (Wildman–Crippen LogP) is 2.78. The van der Waals surface area contributed by atoms with Gasteiger partial charge in [0.2, 0.25) is 17.7 Å². The zero-order chi connectivity index (χ0) is 26.5. The predicted molar refractivity (Wildman–Crippen MR) is 141 cm³/mol. The Bertz CT molecular complexity index is 965. The lowest BCUT2D eigenvalue weighted by molar-refractivity contribution is -0.133. The Morgan fingerprint density at radius 3 is 2.17 bits per heavy atom. The minimum absolute atomic E-state index is 0.109. The van der Waals surface area contributed by atoms with Crippen LogP contribution in [0.1, 0.15) is 57.6 Å². The van der Waals surface area contributed by atoms with Crippen LogP contribution in [0, 0.1) is 5.92 Å². The molecule has 0 spiro atoms. The molecule has 0 aromatic heterocycles. The van der Waals surface area contributed by atoms with E-state index in [1.165, 1.54) is 12.1 Å². The van der Waals surface area contributed by atoms with Gasteiger partial charge < -0.3 is 26.8 Å². The lowest BCUT2D eigenvalue weighted by Crippen LogP contribution is -2.57. The summed E-state index contributed by atoms with van der Waals surface area (Å²) in [4.78, 5) is 39.2. The van der Waals surface area contributed by atoms with Gasteiger partial charge in [-0.3, -0.25) is 14.4 Å². The highest BCUT2D eigenvalue weighted by atomic mass is 16.3. The maximum Gasteiger partial charge on any atom is 0.243 e. The first kappa shape index (κ1) is 28.8. The Labute approximate surface area is 214 Å². The van der Waals surface area contributed by atoms with Crippen molar-refractivity contribution in [2.24, 2.45) is 11.7 Å². The van der Waals surface area contributed by atoms with Crippen LogP contribution >= 0.6 is 0 Å². The number of carbonyl (C=O) groups is 3. The molecule has 0 fully saturated rings. The first-order valence-corrected chi connectivity index (χ1v) is 12.7. The molecule has 2 aromatic rings. The van der Waals surface area contributed by atoms with Crippen molar-refractivity contribution in [3.8, 4) is 5.75 Å². The number of phenols is 1. The minimum atomic E-state index is -0.928. The standard InChI is InChI=1S/C28H40N4O4/c1-4-6-12-23(29)26(34)31-24(17-20-13-15-22(33)16-14-20)27(35)32-25(19(3)5-2)28(36)30-18-21-10-8-7-9-11-21/h7-11,13-16,19,23-25,33H,4-6,12,17-18,29H2,1-3H3,(H,30,36)(H,31,34)(H,32,35)/t19?,23-,24-,25-/m0/s1. The van der Waals surface area contributed by atoms with Gasteiger partial charge in [-0.05, 0) is 35.6 Å². The van der Waals surface area contributed by atoms with E-state index in [9.17, 15) is 19.5 Å². The SMILES string of the molecule is CCCC[C@H](N)C(=O)N[C@@H](Cc1ccc(O)cc1)C(=O)N[C@H](C(=O)NCc1ccccc1)C(C)CC. The van der Waals surface area contributed by atoms with E-state index in [2.05, 4.69) is 16.0 Å². The largest absolute Gasteiger partial charge is 0.508 e. The molecule has 0 heterocycles. The van der Waals surface area contributed by atoms with Crippen LogP contribution in [0.4, 0.5) is 0 Å². The first-order valence-electron chi connectivity index (χ1n) is 12.7. The number of nitrogens with one attached hydrogen (secondary N) is 3.